The molecule has 4 rings (SSSR count). The Morgan fingerprint density at radius 3 is 2.71 bits per heavy atom. The highest BCUT2D eigenvalue weighted by atomic mass is 35.5. The van der Waals surface area contributed by atoms with E-state index in [4.69, 9.17) is 16.6 Å². The third-order valence-electron chi connectivity index (χ3n) is 4.04. The summed E-state index contributed by atoms with van der Waals surface area (Å²) < 4.78 is 2.09. The molecule has 1 fully saturated rings. The smallest absolute Gasteiger partial charge is 0.137 e. The lowest BCUT2D eigenvalue weighted by atomic mass is 10.1. The molecule has 3 nitrogen and oxygen atoms in total. The SMILES string of the molecule is Cc1c(-c2cc(N3C[CH]C3)ccc2Cl)nc2ccccn12. The Labute approximate surface area is 128 Å². The largest absolute Gasteiger partial charge is 0.371 e. The lowest BCUT2D eigenvalue weighted by molar-refractivity contribution is 0.764. The fourth-order valence-electron chi connectivity index (χ4n) is 2.73. The zero-order valence-corrected chi connectivity index (χ0v) is 12.5. The van der Waals surface area contributed by atoms with Crippen LogP contribution in [0.4, 0.5) is 5.69 Å². The molecular formula is C17H15ClN3. The molecule has 1 aromatic carbocycles. The van der Waals surface area contributed by atoms with Crippen LogP contribution in [0.15, 0.2) is 42.6 Å². The third-order valence-corrected chi connectivity index (χ3v) is 4.37. The van der Waals surface area contributed by atoms with E-state index in [2.05, 4.69) is 34.8 Å². The number of imidazole rings is 1. The Hall–Kier alpha value is -2.00. The zero-order valence-electron chi connectivity index (χ0n) is 11.8. The highest BCUT2D eigenvalue weighted by Gasteiger charge is 2.18. The van der Waals surface area contributed by atoms with Crippen molar-refractivity contribution < 1.29 is 0 Å². The maximum atomic E-state index is 6.42. The van der Waals surface area contributed by atoms with Crippen LogP contribution >= 0.6 is 11.6 Å². The van der Waals surface area contributed by atoms with Gasteiger partial charge in [0.15, 0.2) is 0 Å². The van der Waals surface area contributed by atoms with E-state index in [9.17, 15) is 0 Å². The van der Waals surface area contributed by atoms with Gasteiger partial charge < -0.3 is 9.30 Å². The van der Waals surface area contributed by atoms with Crippen LogP contribution in [0.1, 0.15) is 5.69 Å². The van der Waals surface area contributed by atoms with Gasteiger partial charge in [-0.2, -0.15) is 0 Å². The molecule has 1 saturated heterocycles. The number of anilines is 1. The summed E-state index contributed by atoms with van der Waals surface area (Å²) in [5, 5.41) is 0.745. The molecule has 0 saturated carbocycles. The Balaban J connectivity index is 1.89. The summed E-state index contributed by atoms with van der Waals surface area (Å²) in [6.45, 7) is 4.09. The lowest BCUT2D eigenvalue weighted by Crippen LogP contribution is -2.37. The highest BCUT2D eigenvalue weighted by molar-refractivity contribution is 6.33. The normalized spacial score (nSPS) is 14.5. The summed E-state index contributed by atoms with van der Waals surface area (Å²) in [5.41, 5.74) is 5.22. The number of hydrogen-bond acceptors (Lipinski definition) is 2. The molecule has 4 heteroatoms. The number of halogens is 1. The topological polar surface area (TPSA) is 20.5 Å². The van der Waals surface area contributed by atoms with Gasteiger partial charge in [-0.05, 0) is 37.3 Å². The van der Waals surface area contributed by atoms with Gasteiger partial charge >= 0.3 is 0 Å². The second kappa shape index (κ2) is 4.78. The van der Waals surface area contributed by atoms with Crippen molar-refractivity contribution in [2.24, 2.45) is 0 Å². The van der Waals surface area contributed by atoms with E-state index in [0.29, 0.717) is 0 Å². The average Bonchev–Trinajstić information content (AvgIpc) is 2.77. The Kier molecular flexibility index (Phi) is 2.89. The average molecular weight is 297 g/mol. The lowest BCUT2D eigenvalue weighted by Gasteiger charge is -2.33. The predicted molar refractivity (Wildman–Crippen MR) is 86.9 cm³/mol. The molecule has 0 spiro atoms. The van der Waals surface area contributed by atoms with E-state index >= 15 is 0 Å². The number of aromatic nitrogens is 2. The van der Waals surface area contributed by atoms with E-state index in [1.807, 2.05) is 30.5 Å². The first kappa shape index (κ1) is 12.7. The first-order chi connectivity index (χ1) is 10.2. The summed E-state index contributed by atoms with van der Waals surface area (Å²) >= 11 is 6.42. The number of fused-ring (bicyclic) bond motifs is 1. The molecule has 3 aromatic rings. The molecule has 3 heterocycles. The Bertz CT molecular complexity index is 818. The number of benzene rings is 1. The van der Waals surface area contributed by atoms with E-state index < -0.39 is 0 Å². The minimum Gasteiger partial charge on any atom is -0.371 e. The molecule has 1 aliphatic heterocycles. The van der Waals surface area contributed by atoms with Gasteiger partial charge in [0.1, 0.15) is 5.65 Å². The van der Waals surface area contributed by atoms with Crippen molar-refractivity contribution in [3.05, 3.63) is 59.7 Å². The maximum Gasteiger partial charge on any atom is 0.137 e. The molecule has 0 bridgehead atoms. The molecule has 0 N–H and O–H groups in total. The first-order valence-corrected chi connectivity index (χ1v) is 7.42. The van der Waals surface area contributed by atoms with Crippen molar-refractivity contribution in [2.45, 2.75) is 6.92 Å². The van der Waals surface area contributed by atoms with Gasteiger partial charge in [0, 0.05) is 42.7 Å². The number of pyridine rings is 1. The van der Waals surface area contributed by atoms with Gasteiger partial charge in [0.2, 0.25) is 0 Å². The number of aryl methyl sites for hydroxylation is 1. The van der Waals surface area contributed by atoms with E-state index in [1.165, 1.54) is 5.69 Å². The quantitative estimate of drug-likeness (QED) is 0.713. The fourth-order valence-corrected chi connectivity index (χ4v) is 2.94. The molecule has 1 radical (unpaired) electrons. The van der Waals surface area contributed by atoms with Crippen molar-refractivity contribution in [3.8, 4) is 11.3 Å². The molecule has 1 aliphatic rings. The molecular weight excluding hydrogens is 282 g/mol. The van der Waals surface area contributed by atoms with Gasteiger partial charge in [0.25, 0.3) is 0 Å². The van der Waals surface area contributed by atoms with Crippen LogP contribution in [0.2, 0.25) is 5.02 Å². The molecule has 0 unspecified atom stereocenters. The van der Waals surface area contributed by atoms with Crippen molar-refractivity contribution in [1.29, 1.82) is 0 Å². The monoisotopic (exact) mass is 296 g/mol. The minimum atomic E-state index is 0.745. The number of rotatable bonds is 2. The van der Waals surface area contributed by atoms with E-state index in [-0.39, 0.29) is 0 Å². The fraction of sp³-hybridized carbons (Fsp3) is 0.176. The van der Waals surface area contributed by atoms with E-state index in [1.54, 1.807) is 0 Å². The summed E-state index contributed by atoms with van der Waals surface area (Å²) in [5.74, 6) is 0. The molecule has 21 heavy (non-hydrogen) atoms. The first-order valence-electron chi connectivity index (χ1n) is 7.04. The van der Waals surface area contributed by atoms with Gasteiger partial charge in [-0.3, -0.25) is 0 Å². The second-order valence-corrected chi connectivity index (χ2v) is 5.74. The van der Waals surface area contributed by atoms with Crippen LogP contribution in [0.3, 0.4) is 0 Å². The van der Waals surface area contributed by atoms with Gasteiger partial charge in [0.05, 0.1) is 10.7 Å². The predicted octanol–water partition coefficient (Wildman–Crippen LogP) is 3.99. The standard InChI is InChI=1S/C17H15ClN3/c1-12-17(19-16-5-2-3-10-21(12)16)14-11-13(6-7-15(14)18)20-8-4-9-20/h2-7,10-11H,8-9H2,1H3. The Morgan fingerprint density at radius 2 is 2.00 bits per heavy atom. The van der Waals surface area contributed by atoms with Gasteiger partial charge in [-0.25, -0.2) is 4.98 Å². The van der Waals surface area contributed by atoms with Gasteiger partial charge in [-0.15, -0.1) is 0 Å². The van der Waals surface area contributed by atoms with Crippen LogP contribution in [0.25, 0.3) is 16.9 Å². The number of hydrogen-bond donors (Lipinski definition) is 0. The van der Waals surface area contributed by atoms with Crippen LogP contribution in [0.5, 0.6) is 0 Å². The molecule has 105 valence electrons. The summed E-state index contributed by atoms with van der Waals surface area (Å²) in [7, 11) is 0. The maximum absolute atomic E-state index is 6.42. The highest BCUT2D eigenvalue weighted by Crippen LogP contribution is 2.34. The van der Waals surface area contributed by atoms with Crippen LogP contribution in [0, 0.1) is 13.3 Å². The van der Waals surface area contributed by atoms with E-state index in [0.717, 1.165) is 40.7 Å². The minimum absolute atomic E-state index is 0.745. The molecule has 0 atom stereocenters. The van der Waals surface area contributed by atoms with Crippen molar-refractivity contribution in [3.63, 3.8) is 0 Å². The van der Waals surface area contributed by atoms with Crippen molar-refractivity contribution in [1.82, 2.24) is 9.38 Å². The number of nitrogens with zero attached hydrogens (tertiary/aromatic N) is 3. The third kappa shape index (κ3) is 2.00. The molecule has 2 aromatic heterocycles. The summed E-state index contributed by atoms with van der Waals surface area (Å²) in [6, 6.07) is 12.2. The van der Waals surface area contributed by atoms with Gasteiger partial charge in [-0.1, -0.05) is 17.7 Å². The Morgan fingerprint density at radius 1 is 1.14 bits per heavy atom. The summed E-state index contributed by atoms with van der Waals surface area (Å²) in [4.78, 5) is 7.05. The molecule has 0 amide bonds. The van der Waals surface area contributed by atoms with Crippen LogP contribution in [-0.4, -0.2) is 22.5 Å². The van der Waals surface area contributed by atoms with Crippen molar-refractivity contribution >= 4 is 22.9 Å². The molecule has 0 aliphatic carbocycles. The summed E-state index contributed by atoms with van der Waals surface area (Å²) in [6.07, 6.45) is 4.29. The van der Waals surface area contributed by atoms with Crippen molar-refractivity contribution in [2.75, 3.05) is 18.0 Å². The van der Waals surface area contributed by atoms with Crippen LogP contribution < -0.4 is 4.90 Å². The second-order valence-electron chi connectivity index (χ2n) is 5.33. The zero-order chi connectivity index (χ0) is 14.4. The van der Waals surface area contributed by atoms with Crippen LogP contribution in [-0.2, 0) is 0 Å².